The number of anilines is 1. The first kappa shape index (κ1) is 32.2. The number of imidazole rings is 1. The van der Waals surface area contributed by atoms with Crippen LogP contribution in [0.3, 0.4) is 0 Å². The molecular weight excluding hydrogens is 669 g/mol. The highest BCUT2D eigenvalue weighted by atomic mass is 19.1. The second-order valence-corrected chi connectivity index (χ2v) is 13.4. The third kappa shape index (κ3) is 5.64. The molecule has 2 amide bonds. The molecule has 2 fully saturated rings. The topological polar surface area (TPSA) is 136 Å². The number of furan rings is 1. The molecule has 3 aromatic heterocycles. The van der Waals surface area contributed by atoms with Crippen molar-refractivity contribution in [2.45, 2.75) is 25.4 Å². The Kier molecular flexibility index (Phi) is 8.12. The van der Waals surface area contributed by atoms with Crippen LogP contribution in [0.5, 0.6) is 11.5 Å². The SMILES string of the molecule is O=C(CNCCCn1ccnc1)N[C@@H]1CCN(c2c(F)cc3c(=O)c(C(=O)N4CCOCC4)cn4c3c2Oc2cc3c(cc2-4)oc2ccccc23)C1. The Bertz CT molecular complexity index is 2420. The number of benzene rings is 3. The van der Waals surface area contributed by atoms with E-state index < -0.39 is 17.2 Å². The summed E-state index contributed by atoms with van der Waals surface area (Å²) in [5.41, 5.74) is 1.78. The molecule has 2 N–H and O–H groups in total. The van der Waals surface area contributed by atoms with Crippen LogP contribution in [0.15, 0.2) is 76.6 Å². The van der Waals surface area contributed by atoms with Crippen LogP contribution in [0.2, 0.25) is 0 Å². The molecule has 3 aliphatic heterocycles. The number of aryl methyl sites for hydroxylation is 1. The van der Waals surface area contributed by atoms with Crippen LogP contribution >= 0.6 is 0 Å². The first-order valence-electron chi connectivity index (χ1n) is 17.6. The average molecular weight is 706 g/mol. The summed E-state index contributed by atoms with van der Waals surface area (Å²) in [5.74, 6) is -0.608. The van der Waals surface area contributed by atoms with Gasteiger partial charge in [0.05, 0.1) is 37.2 Å². The summed E-state index contributed by atoms with van der Waals surface area (Å²) in [4.78, 5) is 48.1. The molecule has 6 heterocycles. The van der Waals surface area contributed by atoms with Crippen molar-refractivity contribution in [3.8, 4) is 17.2 Å². The molecule has 0 saturated carbocycles. The number of amides is 2. The van der Waals surface area contributed by atoms with E-state index in [9.17, 15) is 14.4 Å². The largest absolute Gasteiger partial charge is 0.456 e. The first-order valence-corrected chi connectivity index (χ1v) is 17.6. The molecule has 6 aromatic rings. The van der Waals surface area contributed by atoms with Crippen LogP contribution in [0.4, 0.5) is 10.1 Å². The lowest BCUT2D eigenvalue weighted by Gasteiger charge is -2.30. The lowest BCUT2D eigenvalue weighted by atomic mass is 10.0. The second kappa shape index (κ2) is 13.1. The van der Waals surface area contributed by atoms with Gasteiger partial charge in [-0.2, -0.15) is 0 Å². The Morgan fingerprint density at radius 3 is 2.73 bits per heavy atom. The molecule has 2 saturated heterocycles. The molecule has 266 valence electrons. The number of aromatic nitrogens is 3. The third-order valence-corrected chi connectivity index (χ3v) is 10.1. The van der Waals surface area contributed by atoms with Crippen molar-refractivity contribution in [3.05, 3.63) is 89.0 Å². The fourth-order valence-corrected chi connectivity index (χ4v) is 7.57. The normalized spacial score (nSPS) is 16.8. The van der Waals surface area contributed by atoms with E-state index in [0.717, 1.165) is 23.7 Å². The van der Waals surface area contributed by atoms with E-state index in [1.54, 1.807) is 28.2 Å². The lowest BCUT2D eigenvalue weighted by Crippen LogP contribution is -2.42. The van der Waals surface area contributed by atoms with Crippen molar-refractivity contribution in [1.29, 1.82) is 0 Å². The molecule has 0 unspecified atom stereocenters. The zero-order valence-electron chi connectivity index (χ0n) is 28.3. The van der Waals surface area contributed by atoms with Crippen molar-refractivity contribution in [2.24, 2.45) is 0 Å². The fourth-order valence-electron chi connectivity index (χ4n) is 7.57. The second-order valence-electron chi connectivity index (χ2n) is 13.4. The van der Waals surface area contributed by atoms with E-state index in [-0.39, 0.29) is 40.9 Å². The molecule has 0 bridgehead atoms. The minimum Gasteiger partial charge on any atom is -0.456 e. The summed E-state index contributed by atoms with van der Waals surface area (Å²) >= 11 is 0. The van der Waals surface area contributed by atoms with Gasteiger partial charge in [0.1, 0.15) is 27.9 Å². The summed E-state index contributed by atoms with van der Waals surface area (Å²) in [5, 5.41) is 8.01. The summed E-state index contributed by atoms with van der Waals surface area (Å²) in [6.45, 7) is 3.90. The van der Waals surface area contributed by atoms with Crippen molar-refractivity contribution in [2.75, 3.05) is 57.4 Å². The van der Waals surface area contributed by atoms with Crippen molar-refractivity contribution < 1.29 is 27.9 Å². The predicted molar refractivity (Wildman–Crippen MR) is 192 cm³/mol. The number of rotatable bonds is 9. The van der Waals surface area contributed by atoms with Gasteiger partial charge in [-0.05, 0) is 37.6 Å². The monoisotopic (exact) mass is 705 g/mol. The van der Waals surface area contributed by atoms with Crippen LogP contribution in [-0.2, 0) is 16.1 Å². The van der Waals surface area contributed by atoms with Crippen LogP contribution in [0.1, 0.15) is 23.2 Å². The number of hydrogen-bond donors (Lipinski definition) is 2. The van der Waals surface area contributed by atoms with Crippen LogP contribution in [0, 0.1) is 5.82 Å². The number of morpholine rings is 1. The minimum atomic E-state index is -0.646. The number of carbonyl (C=O) groups excluding carboxylic acids is 2. The zero-order valence-corrected chi connectivity index (χ0v) is 28.3. The Labute approximate surface area is 296 Å². The Morgan fingerprint density at radius 2 is 1.88 bits per heavy atom. The van der Waals surface area contributed by atoms with Gasteiger partial charge in [-0.1, -0.05) is 18.2 Å². The number of para-hydroxylation sites is 1. The number of carbonyl (C=O) groups is 2. The quantitative estimate of drug-likeness (QED) is 0.212. The van der Waals surface area contributed by atoms with Gasteiger partial charge < -0.3 is 43.5 Å². The van der Waals surface area contributed by atoms with Gasteiger partial charge >= 0.3 is 0 Å². The molecule has 0 spiro atoms. The molecule has 3 aliphatic rings. The molecular formula is C38H36FN7O6. The summed E-state index contributed by atoms with van der Waals surface area (Å²) in [7, 11) is 0. The summed E-state index contributed by atoms with van der Waals surface area (Å²) in [6.07, 6.45) is 8.39. The van der Waals surface area contributed by atoms with Crippen LogP contribution in [0.25, 0.3) is 38.5 Å². The number of ether oxygens (including phenoxy) is 2. The maximum atomic E-state index is 16.5. The van der Waals surface area contributed by atoms with Crippen molar-refractivity contribution >= 4 is 50.3 Å². The predicted octanol–water partition coefficient (Wildman–Crippen LogP) is 4.18. The Balaban J connectivity index is 1.05. The van der Waals surface area contributed by atoms with Gasteiger partial charge in [0, 0.05) is 74.2 Å². The zero-order chi connectivity index (χ0) is 35.3. The maximum absolute atomic E-state index is 16.5. The van der Waals surface area contributed by atoms with Gasteiger partial charge in [0.2, 0.25) is 11.3 Å². The standard InChI is InChI=1S/C38H36FN7O6/c39-28-16-26-34-37(35(28)45-10-6-23(20-45)42-33(47)19-40-7-3-9-43-11-8-41-22-43)52-32-17-25-24-4-1-2-5-30(24)51-31(25)18-29(32)46(34)21-27(36(26)48)38(49)44-12-14-50-15-13-44/h1-2,4-5,8,11,16-18,21-23,40H,3,6-7,9-10,12-15,19-20H2,(H,42,47)/t23-/m1/s1. The number of pyridine rings is 1. The van der Waals surface area contributed by atoms with Crippen LogP contribution < -0.4 is 25.7 Å². The maximum Gasteiger partial charge on any atom is 0.259 e. The number of hydrogen-bond acceptors (Lipinski definition) is 9. The fraction of sp³-hybridized carbons (Fsp3) is 0.316. The number of nitrogens with zero attached hydrogens (tertiary/aromatic N) is 5. The van der Waals surface area contributed by atoms with Gasteiger partial charge in [-0.15, -0.1) is 0 Å². The van der Waals surface area contributed by atoms with E-state index in [4.69, 9.17) is 13.9 Å². The Morgan fingerprint density at radius 1 is 1.02 bits per heavy atom. The lowest BCUT2D eigenvalue weighted by molar-refractivity contribution is -0.120. The smallest absolute Gasteiger partial charge is 0.259 e. The minimum absolute atomic E-state index is 0.0360. The van der Waals surface area contributed by atoms with Gasteiger partial charge in [-0.3, -0.25) is 14.4 Å². The highest BCUT2D eigenvalue weighted by Crippen LogP contribution is 2.49. The summed E-state index contributed by atoms with van der Waals surface area (Å²) in [6, 6.07) is 12.3. The number of halogens is 1. The highest BCUT2D eigenvalue weighted by Gasteiger charge is 2.35. The van der Waals surface area contributed by atoms with E-state index in [1.807, 2.05) is 52.1 Å². The highest BCUT2D eigenvalue weighted by molar-refractivity contribution is 6.07. The van der Waals surface area contributed by atoms with Crippen LogP contribution in [-0.4, -0.2) is 89.4 Å². The van der Waals surface area contributed by atoms with E-state index in [0.29, 0.717) is 80.5 Å². The molecule has 9 rings (SSSR count). The van der Waals surface area contributed by atoms with Gasteiger partial charge in [-0.25, -0.2) is 9.37 Å². The van der Waals surface area contributed by atoms with E-state index in [1.165, 1.54) is 6.07 Å². The summed E-state index contributed by atoms with van der Waals surface area (Å²) < 4.78 is 38.4. The van der Waals surface area contributed by atoms with Crippen molar-refractivity contribution in [1.82, 2.24) is 29.7 Å². The van der Waals surface area contributed by atoms with Crippen molar-refractivity contribution in [3.63, 3.8) is 0 Å². The van der Waals surface area contributed by atoms with Gasteiger partial charge in [0.15, 0.2) is 17.3 Å². The average Bonchev–Trinajstić information content (AvgIpc) is 3.92. The van der Waals surface area contributed by atoms with E-state index in [2.05, 4.69) is 15.6 Å². The Hall–Kier alpha value is -5.73. The first-order chi connectivity index (χ1) is 25.4. The number of fused-ring (bicyclic) bond motifs is 5. The molecule has 14 heteroatoms. The van der Waals surface area contributed by atoms with E-state index >= 15 is 4.39 Å². The molecule has 52 heavy (non-hydrogen) atoms. The van der Waals surface area contributed by atoms with Gasteiger partial charge in [0.25, 0.3) is 5.91 Å². The number of nitrogens with one attached hydrogen (secondary N) is 2. The molecule has 13 nitrogen and oxygen atoms in total. The molecule has 1 atom stereocenters. The molecule has 0 aliphatic carbocycles. The third-order valence-electron chi connectivity index (χ3n) is 10.1. The molecule has 0 radical (unpaired) electrons. The molecule has 3 aromatic carbocycles.